The van der Waals surface area contributed by atoms with Crippen LogP contribution < -0.4 is 14.5 Å². The number of carbonyl (C=O) groups excluding carboxylic acids is 4. The van der Waals surface area contributed by atoms with E-state index >= 15 is 0 Å². The first kappa shape index (κ1) is 27.6. The molecule has 0 radical (unpaired) electrons. The van der Waals surface area contributed by atoms with Crippen molar-refractivity contribution >= 4 is 50.9 Å². The molecule has 2 heterocycles. The van der Waals surface area contributed by atoms with E-state index in [0.717, 1.165) is 10.0 Å². The number of rotatable bonds is 4. The van der Waals surface area contributed by atoms with Crippen LogP contribution in [0.2, 0.25) is 0 Å². The van der Waals surface area contributed by atoms with Crippen LogP contribution in [0.4, 0.5) is 11.4 Å². The molecule has 7 rings (SSSR count). The minimum Gasteiger partial charge on any atom is -0.508 e. The molecule has 2 aliphatic carbocycles. The Labute approximate surface area is 257 Å². The number of methoxy groups -OCH3 is 1. The Morgan fingerprint density at radius 3 is 2.26 bits per heavy atom. The first-order chi connectivity index (χ1) is 20.7. The molecule has 0 unspecified atom stereocenters. The summed E-state index contributed by atoms with van der Waals surface area (Å²) in [5, 5.41) is 11.2. The maximum atomic E-state index is 14.4. The van der Waals surface area contributed by atoms with Crippen molar-refractivity contribution in [1.82, 2.24) is 0 Å². The Kier molecular flexibility index (Phi) is 6.36. The van der Waals surface area contributed by atoms with E-state index in [2.05, 4.69) is 15.9 Å². The van der Waals surface area contributed by atoms with E-state index in [1.54, 1.807) is 67.6 Å². The topological polar surface area (TPSA) is 104 Å². The predicted octanol–water partition coefficient (Wildman–Crippen LogP) is 5.60. The molecule has 0 aromatic heterocycles. The maximum absolute atomic E-state index is 14.4. The molecule has 0 bridgehead atoms. The summed E-state index contributed by atoms with van der Waals surface area (Å²) in [5.41, 5.74) is 0.991. The summed E-state index contributed by atoms with van der Waals surface area (Å²) < 4.78 is 6.32. The second kappa shape index (κ2) is 9.91. The number of aromatic hydroxyl groups is 1. The van der Waals surface area contributed by atoms with Crippen LogP contribution in [-0.2, 0) is 19.2 Å². The van der Waals surface area contributed by atoms with Gasteiger partial charge in [0.1, 0.15) is 11.5 Å². The molecule has 8 nitrogen and oxygen atoms in total. The summed E-state index contributed by atoms with van der Waals surface area (Å²) in [6.45, 7) is 1.79. The summed E-state index contributed by atoms with van der Waals surface area (Å²) in [6.07, 6.45) is 2.53. The van der Waals surface area contributed by atoms with E-state index in [0.29, 0.717) is 29.1 Å². The SMILES string of the molecule is COc1ccc(O)c([C@H]2C3=CC[C@@H]4C(=O)N(c5ccc(Br)cc5)C(=O)[C@@H]4[C@@H]3C[C@H]3C(=O)N(c4ccccc4)C(=O)[C@@]23C)c1. The third-order valence-electron chi connectivity index (χ3n) is 9.92. The van der Waals surface area contributed by atoms with Crippen molar-refractivity contribution in [3.05, 3.63) is 94.5 Å². The van der Waals surface area contributed by atoms with Gasteiger partial charge in [-0.2, -0.15) is 0 Å². The fourth-order valence-electron chi connectivity index (χ4n) is 7.92. The number of halogens is 1. The quantitative estimate of drug-likeness (QED) is 0.294. The lowest BCUT2D eigenvalue weighted by Crippen LogP contribution is -2.48. The number of hydrogen-bond donors (Lipinski definition) is 1. The monoisotopic (exact) mass is 640 g/mol. The molecule has 0 spiro atoms. The van der Waals surface area contributed by atoms with Crippen LogP contribution in [0, 0.1) is 29.1 Å². The van der Waals surface area contributed by atoms with Crippen molar-refractivity contribution in [2.75, 3.05) is 16.9 Å². The summed E-state index contributed by atoms with van der Waals surface area (Å²) in [4.78, 5) is 59.0. The lowest BCUT2D eigenvalue weighted by molar-refractivity contribution is -0.131. The van der Waals surface area contributed by atoms with Crippen LogP contribution in [0.1, 0.15) is 31.2 Å². The molecular weight excluding hydrogens is 612 g/mol. The molecule has 2 saturated heterocycles. The Morgan fingerprint density at radius 2 is 1.56 bits per heavy atom. The normalized spacial score (nSPS) is 29.7. The smallest absolute Gasteiger partial charge is 0.241 e. The molecule has 6 atom stereocenters. The number of phenols is 1. The van der Waals surface area contributed by atoms with Gasteiger partial charge < -0.3 is 9.84 Å². The predicted molar refractivity (Wildman–Crippen MR) is 162 cm³/mol. The average molecular weight is 642 g/mol. The number of benzene rings is 3. The molecule has 9 heteroatoms. The zero-order valence-corrected chi connectivity index (χ0v) is 25.2. The summed E-state index contributed by atoms with van der Waals surface area (Å²) >= 11 is 3.41. The van der Waals surface area contributed by atoms with E-state index in [-0.39, 0.29) is 35.8 Å². The van der Waals surface area contributed by atoms with Gasteiger partial charge in [-0.05, 0) is 80.3 Å². The third kappa shape index (κ3) is 3.87. The number of fused-ring (bicyclic) bond motifs is 4. The Bertz CT molecular complexity index is 1720. The first-order valence-corrected chi connectivity index (χ1v) is 15.1. The second-order valence-electron chi connectivity index (χ2n) is 11.9. The maximum Gasteiger partial charge on any atom is 0.241 e. The number of anilines is 2. The van der Waals surface area contributed by atoms with Gasteiger partial charge in [0.25, 0.3) is 0 Å². The highest BCUT2D eigenvalue weighted by molar-refractivity contribution is 9.10. The van der Waals surface area contributed by atoms with Gasteiger partial charge >= 0.3 is 0 Å². The molecule has 3 aromatic carbocycles. The molecule has 3 aromatic rings. The van der Waals surface area contributed by atoms with Gasteiger partial charge in [-0.3, -0.25) is 24.1 Å². The fourth-order valence-corrected chi connectivity index (χ4v) is 8.18. The lowest BCUT2D eigenvalue weighted by atomic mass is 9.51. The Balaban J connectivity index is 1.39. The number of carbonyl (C=O) groups is 4. The van der Waals surface area contributed by atoms with Crippen LogP contribution in [0.15, 0.2) is 88.9 Å². The largest absolute Gasteiger partial charge is 0.508 e. The summed E-state index contributed by atoms with van der Waals surface area (Å²) in [5.74, 6) is -4.03. The van der Waals surface area contributed by atoms with Gasteiger partial charge in [0.05, 0.1) is 41.7 Å². The van der Waals surface area contributed by atoms with E-state index < -0.39 is 35.0 Å². The molecular formula is C34H29BrN2O6. The van der Waals surface area contributed by atoms with Crippen molar-refractivity contribution in [2.24, 2.45) is 29.1 Å². The number of ether oxygens (including phenoxy) is 1. The van der Waals surface area contributed by atoms with Crippen LogP contribution in [-0.4, -0.2) is 35.8 Å². The standard InChI is InChI=1S/C34H29BrN2O6/c1-34-26(31(40)37(33(34)42)19-6-4-3-5-7-19)17-24-22(29(34)25-16-21(43-2)12-15-27(25)38)13-14-23-28(24)32(41)36(30(23)39)20-10-8-18(35)9-11-20/h3-13,15-16,23-24,26,28-29,38H,14,17H2,1-2H3/t23-,24+,26-,28-,29+,34+/m0/s1. The average Bonchev–Trinajstić information content (AvgIpc) is 3.38. The van der Waals surface area contributed by atoms with E-state index in [1.807, 2.05) is 12.1 Å². The number of allylic oxidation sites excluding steroid dienone is 2. The van der Waals surface area contributed by atoms with E-state index in [1.165, 1.54) is 23.0 Å². The highest BCUT2D eigenvalue weighted by Crippen LogP contribution is 2.64. The van der Waals surface area contributed by atoms with Gasteiger partial charge in [0.15, 0.2) is 0 Å². The number of hydrogen-bond acceptors (Lipinski definition) is 6. The van der Waals surface area contributed by atoms with Crippen molar-refractivity contribution in [2.45, 2.75) is 25.7 Å². The number of amides is 4. The molecule has 1 N–H and O–H groups in total. The number of nitrogens with zero attached hydrogens (tertiary/aromatic N) is 2. The van der Waals surface area contributed by atoms with Gasteiger partial charge in [0.2, 0.25) is 23.6 Å². The van der Waals surface area contributed by atoms with Crippen molar-refractivity contribution in [3.8, 4) is 11.5 Å². The number of imide groups is 2. The molecule has 4 amide bonds. The van der Waals surface area contributed by atoms with Crippen LogP contribution in [0.25, 0.3) is 0 Å². The Morgan fingerprint density at radius 1 is 0.860 bits per heavy atom. The molecule has 218 valence electrons. The van der Waals surface area contributed by atoms with Crippen molar-refractivity contribution in [1.29, 1.82) is 0 Å². The lowest BCUT2D eigenvalue weighted by Gasteiger charge is -2.49. The van der Waals surface area contributed by atoms with Gasteiger partial charge in [-0.1, -0.05) is 45.8 Å². The van der Waals surface area contributed by atoms with Gasteiger partial charge in [-0.25, -0.2) is 4.90 Å². The molecule has 4 aliphatic rings. The number of phenolic OH excluding ortho intramolecular Hbond substituents is 1. The Hall–Kier alpha value is -4.24. The minimum atomic E-state index is -1.25. The van der Waals surface area contributed by atoms with Crippen LogP contribution in [0.5, 0.6) is 11.5 Å². The van der Waals surface area contributed by atoms with Gasteiger partial charge in [0, 0.05) is 16.0 Å². The molecule has 2 aliphatic heterocycles. The van der Waals surface area contributed by atoms with Gasteiger partial charge in [-0.15, -0.1) is 0 Å². The molecule has 1 saturated carbocycles. The number of para-hydroxylation sites is 1. The highest BCUT2D eigenvalue weighted by atomic mass is 79.9. The molecule has 3 fully saturated rings. The van der Waals surface area contributed by atoms with E-state index in [9.17, 15) is 24.3 Å². The second-order valence-corrected chi connectivity index (χ2v) is 12.8. The van der Waals surface area contributed by atoms with E-state index in [4.69, 9.17) is 4.74 Å². The van der Waals surface area contributed by atoms with Crippen molar-refractivity contribution < 1.29 is 29.0 Å². The summed E-state index contributed by atoms with van der Waals surface area (Å²) in [7, 11) is 1.52. The summed E-state index contributed by atoms with van der Waals surface area (Å²) in [6, 6.07) is 20.7. The zero-order valence-electron chi connectivity index (χ0n) is 23.6. The van der Waals surface area contributed by atoms with Crippen LogP contribution in [0.3, 0.4) is 0 Å². The third-order valence-corrected chi connectivity index (χ3v) is 10.4. The zero-order chi connectivity index (χ0) is 30.2. The fraction of sp³-hybridized carbons (Fsp3) is 0.294. The van der Waals surface area contributed by atoms with Crippen LogP contribution >= 0.6 is 15.9 Å². The minimum absolute atomic E-state index is 0.0295. The molecule has 43 heavy (non-hydrogen) atoms. The van der Waals surface area contributed by atoms with Crippen molar-refractivity contribution in [3.63, 3.8) is 0 Å². The first-order valence-electron chi connectivity index (χ1n) is 14.3. The highest BCUT2D eigenvalue weighted by Gasteiger charge is 2.68.